The molecule has 2 N–H and O–H groups in total. The predicted molar refractivity (Wildman–Crippen MR) is 73.0 cm³/mol. The number of nitrogens with one attached hydrogen (secondary N) is 1. The van der Waals surface area contributed by atoms with Crippen LogP contribution in [0.1, 0.15) is 25.3 Å². The lowest BCUT2D eigenvalue weighted by atomic mass is 10.2. The number of hydrogen-bond donors (Lipinski definition) is 2. The largest absolute Gasteiger partial charge is 0.392 e. The number of sulfonamides is 1. The van der Waals surface area contributed by atoms with Crippen LogP contribution in [-0.2, 0) is 15.8 Å². The maximum absolute atomic E-state index is 11.8. The van der Waals surface area contributed by atoms with Gasteiger partial charge in [-0.15, -0.1) is 0 Å². The number of aliphatic hydroxyl groups is 1. The van der Waals surface area contributed by atoms with Gasteiger partial charge in [-0.1, -0.05) is 43.1 Å². The van der Waals surface area contributed by atoms with E-state index in [1.165, 1.54) is 0 Å². The third-order valence-electron chi connectivity index (χ3n) is 2.46. The molecular formula is C12H18ClNO3S. The van der Waals surface area contributed by atoms with Crippen molar-refractivity contribution >= 4 is 21.6 Å². The molecule has 0 fully saturated rings. The number of benzene rings is 1. The normalized spacial score (nSPS) is 13.5. The number of hydrogen-bond acceptors (Lipinski definition) is 3. The van der Waals surface area contributed by atoms with Crippen LogP contribution in [0.3, 0.4) is 0 Å². The molecule has 1 aromatic rings. The Morgan fingerprint density at radius 3 is 2.67 bits per heavy atom. The van der Waals surface area contributed by atoms with Gasteiger partial charge in [-0.25, -0.2) is 13.1 Å². The molecule has 0 bridgehead atoms. The van der Waals surface area contributed by atoms with Crippen LogP contribution in [0.2, 0.25) is 5.02 Å². The first-order valence-electron chi connectivity index (χ1n) is 5.83. The van der Waals surface area contributed by atoms with Gasteiger partial charge >= 0.3 is 0 Å². The Hall–Kier alpha value is -0.620. The Morgan fingerprint density at radius 2 is 2.06 bits per heavy atom. The van der Waals surface area contributed by atoms with Gasteiger partial charge in [0.2, 0.25) is 10.0 Å². The molecule has 1 atom stereocenters. The molecule has 4 nitrogen and oxygen atoms in total. The third-order valence-corrected chi connectivity index (χ3v) is 4.13. The summed E-state index contributed by atoms with van der Waals surface area (Å²) in [4.78, 5) is 0. The average molecular weight is 292 g/mol. The van der Waals surface area contributed by atoms with Crippen molar-refractivity contribution in [3.63, 3.8) is 0 Å². The molecule has 0 aliphatic carbocycles. The van der Waals surface area contributed by atoms with Gasteiger partial charge in [0.05, 0.1) is 11.9 Å². The zero-order valence-corrected chi connectivity index (χ0v) is 11.8. The van der Waals surface area contributed by atoms with Crippen LogP contribution >= 0.6 is 11.6 Å². The van der Waals surface area contributed by atoms with E-state index in [1.54, 1.807) is 24.3 Å². The van der Waals surface area contributed by atoms with E-state index in [2.05, 4.69) is 4.72 Å². The lowest BCUT2D eigenvalue weighted by molar-refractivity contribution is 0.167. The van der Waals surface area contributed by atoms with E-state index in [-0.39, 0.29) is 12.3 Å². The van der Waals surface area contributed by atoms with E-state index >= 15 is 0 Å². The van der Waals surface area contributed by atoms with Crippen LogP contribution in [0.5, 0.6) is 0 Å². The molecule has 0 saturated heterocycles. The summed E-state index contributed by atoms with van der Waals surface area (Å²) in [5, 5.41) is 9.91. The Labute approximate surface area is 113 Å². The summed E-state index contributed by atoms with van der Waals surface area (Å²) < 4.78 is 25.9. The van der Waals surface area contributed by atoms with Crippen LogP contribution in [0, 0.1) is 0 Å². The average Bonchev–Trinajstić information content (AvgIpc) is 2.30. The summed E-state index contributed by atoms with van der Waals surface area (Å²) in [5.41, 5.74) is 0.552. The Morgan fingerprint density at radius 1 is 1.39 bits per heavy atom. The molecule has 1 unspecified atom stereocenters. The fourth-order valence-electron chi connectivity index (χ4n) is 1.53. The van der Waals surface area contributed by atoms with Crippen molar-refractivity contribution in [1.82, 2.24) is 4.72 Å². The van der Waals surface area contributed by atoms with Gasteiger partial charge in [0.25, 0.3) is 0 Å². The Bertz CT molecular complexity index is 476. The first kappa shape index (κ1) is 15.4. The van der Waals surface area contributed by atoms with Crippen LogP contribution in [0.4, 0.5) is 0 Å². The molecule has 102 valence electrons. The summed E-state index contributed by atoms with van der Waals surface area (Å²) >= 11 is 5.90. The van der Waals surface area contributed by atoms with Gasteiger partial charge < -0.3 is 5.11 Å². The van der Waals surface area contributed by atoms with Gasteiger partial charge in [0.1, 0.15) is 0 Å². The minimum Gasteiger partial charge on any atom is -0.392 e. The van der Waals surface area contributed by atoms with E-state index in [0.717, 1.165) is 6.42 Å². The van der Waals surface area contributed by atoms with Crippen molar-refractivity contribution < 1.29 is 13.5 Å². The first-order chi connectivity index (χ1) is 8.44. The van der Waals surface area contributed by atoms with Crippen molar-refractivity contribution in [2.45, 2.75) is 31.6 Å². The molecule has 0 radical (unpaired) electrons. The van der Waals surface area contributed by atoms with Crippen LogP contribution in [0.25, 0.3) is 0 Å². The molecule has 1 rings (SSSR count). The van der Waals surface area contributed by atoms with Crippen molar-refractivity contribution in [1.29, 1.82) is 0 Å². The summed E-state index contributed by atoms with van der Waals surface area (Å²) in [5.74, 6) is -0.175. The summed E-state index contributed by atoms with van der Waals surface area (Å²) in [7, 11) is -3.46. The molecule has 0 aliphatic rings. The molecule has 1 aromatic carbocycles. The van der Waals surface area contributed by atoms with Gasteiger partial charge in [-0.3, -0.25) is 0 Å². The van der Waals surface area contributed by atoms with E-state index in [4.69, 9.17) is 11.6 Å². The predicted octanol–water partition coefficient (Wildman–Crippen LogP) is 1.92. The van der Waals surface area contributed by atoms with E-state index in [9.17, 15) is 13.5 Å². The summed E-state index contributed by atoms with van der Waals surface area (Å²) in [6.45, 7) is 1.97. The Balaban J connectivity index is 2.58. The molecule has 0 aliphatic heterocycles. The number of rotatable bonds is 7. The van der Waals surface area contributed by atoms with Gasteiger partial charge in [0.15, 0.2) is 0 Å². The minimum atomic E-state index is -3.46. The smallest absolute Gasteiger partial charge is 0.215 e. The second-order valence-corrected chi connectivity index (χ2v) is 6.36. The van der Waals surface area contributed by atoms with Crippen LogP contribution < -0.4 is 4.72 Å². The third kappa shape index (κ3) is 5.35. The molecule has 0 amide bonds. The van der Waals surface area contributed by atoms with E-state index in [0.29, 0.717) is 17.0 Å². The standard InChI is InChI=1S/C12H18ClNO3S/c1-2-5-11(15)8-14-18(16,17)9-10-6-3-4-7-12(10)13/h3-4,6-7,11,14-15H,2,5,8-9H2,1H3. The number of halogens is 1. The van der Waals surface area contributed by atoms with Crippen molar-refractivity contribution in [3.05, 3.63) is 34.9 Å². The summed E-state index contributed by atoms with van der Waals surface area (Å²) in [6.07, 6.45) is 0.748. The van der Waals surface area contributed by atoms with Crippen LogP contribution in [0.15, 0.2) is 24.3 Å². The van der Waals surface area contributed by atoms with Gasteiger partial charge in [-0.05, 0) is 18.1 Å². The molecular weight excluding hydrogens is 274 g/mol. The van der Waals surface area contributed by atoms with Crippen molar-refractivity contribution in [3.8, 4) is 0 Å². The Kier molecular flexibility index (Phi) is 6.08. The van der Waals surface area contributed by atoms with Crippen molar-refractivity contribution in [2.75, 3.05) is 6.54 Å². The molecule has 0 aromatic heterocycles. The highest BCUT2D eigenvalue weighted by atomic mass is 35.5. The van der Waals surface area contributed by atoms with Crippen molar-refractivity contribution in [2.24, 2.45) is 0 Å². The highest BCUT2D eigenvalue weighted by Crippen LogP contribution is 2.17. The second kappa shape index (κ2) is 7.09. The van der Waals surface area contributed by atoms with E-state index < -0.39 is 16.1 Å². The first-order valence-corrected chi connectivity index (χ1v) is 7.86. The summed E-state index contributed by atoms with van der Waals surface area (Å²) in [6, 6.07) is 6.81. The lowest BCUT2D eigenvalue weighted by Gasteiger charge is -2.11. The highest BCUT2D eigenvalue weighted by Gasteiger charge is 2.15. The topological polar surface area (TPSA) is 66.4 Å². The van der Waals surface area contributed by atoms with Gasteiger partial charge in [0, 0.05) is 11.6 Å². The minimum absolute atomic E-state index is 0.0423. The fraction of sp³-hybridized carbons (Fsp3) is 0.500. The fourth-order valence-corrected chi connectivity index (χ4v) is 3.02. The highest BCUT2D eigenvalue weighted by molar-refractivity contribution is 7.88. The zero-order valence-electron chi connectivity index (χ0n) is 10.3. The molecule has 18 heavy (non-hydrogen) atoms. The monoisotopic (exact) mass is 291 g/mol. The van der Waals surface area contributed by atoms with Gasteiger partial charge in [-0.2, -0.15) is 0 Å². The molecule has 0 spiro atoms. The zero-order chi connectivity index (χ0) is 13.6. The molecule has 0 heterocycles. The molecule has 6 heteroatoms. The SMILES string of the molecule is CCCC(O)CNS(=O)(=O)Cc1ccccc1Cl. The lowest BCUT2D eigenvalue weighted by Crippen LogP contribution is -2.32. The second-order valence-electron chi connectivity index (χ2n) is 4.14. The van der Waals surface area contributed by atoms with Crippen LogP contribution in [-0.4, -0.2) is 26.2 Å². The quantitative estimate of drug-likeness (QED) is 0.806. The maximum Gasteiger partial charge on any atom is 0.215 e. The number of aliphatic hydroxyl groups excluding tert-OH is 1. The van der Waals surface area contributed by atoms with E-state index in [1.807, 2.05) is 6.92 Å². The maximum atomic E-state index is 11.8. The molecule has 0 saturated carbocycles.